The molecule has 106 valence electrons. The number of benzene rings is 1. The second kappa shape index (κ2) is 6.51. The lowest BCUT2D eigenvalue weighted by Crippen LogP contribution is -2.15. The van der Waals surface area contributed by atoms with Crippen LogP contribution in [0.2, 0.25) is 0 Å². The van der Waals surface area contributed by atoms with Gasteiger partial charge >= 0.3 is 5.97 Å². The van der Waals surface area contributed by atoms with Crippen molar-refractivity contribution in [2.24, 2.45) is 5.73 Å². The van der Waals surface area contributed by atoms with Gasteiger partial charge in [-0.25, -0.2) is 22.4 Å². The molecule has 3 nitrogen and oxygen atoms in total. The van der Waals surface area contributed by atoms with Crippen LogP contribution in [0.3, 0.4) is 0 Å². The average molecular weight is 279 g/mol. The Morgan fingerprint density at radius 2 is 1.58 bits per heavy atom. The molecule has 1 aromatic rings. The molecule has 0 spiro atoms. The van der Waals surface area contributed by atoms with Crippen LogP contribution >= 0.6 is 0 Å². The van der Waals surface area contributed by atoms with Crippen molar-refractivity contribution in [2.45, 2.75) is 19.3 Å². The summed E-state index contributed by atoms with van der Waals surface area (Å²) >= 11 is 0. The fourth-order valence-corrected chi connectivity index (χ4v) is 1.62. The Morgan fingerprint density at radius 3 is 2.00 bits per heavy atom. The summed E-state index contributed by atoms with van der Waals surface area (Å²) in [6.45, 7) is 0.300. The topological polar surface area (TPSA) is 52.3 Å². The van der Waals surface area contributed by atoms with E-state index in [1.807, 2.05) is 0 Å². The Hall–Kier alpha value is -1.63. The van der Waals surface area contributed by atoms with E-state index >= 15 is 0 Å². The minimum Gasteiger partial charge on any atom is -0.465 e. The number of carbonyl (C=O) groups is 1. The molecule has 0 heterocycles. The Kier molecular flexibility index (Phi) is 5.29. The molecule has 0 aliphatic carbocycles. The van der Waals surface area contributed by atoms with Gasteiger partial charge in [-0.3, -0.25) is 0 Å². The molecule has 0 aromatic heterocycles. The zero-order valence-corrected chi connectivity index (χ0v) is 10.2. The monoisotopic (exact) mass is 279 g/mol. The summed E-state index contributed by atoms with van der Waals surface area (Å²) < 4.78 is 58.4. The highest BCUT2D eigenvalue weighted by Crippen LogP contribution is 2.26. The van der Waals surface area contributed by atoms with E-state index in [9.17, 15) is 22.4 Å². The van der Waals surface area contributed by atoms with Crippen molar-refractivity contribution >= 4 is 5.97 Å². The first-order valence-corrected chi connectivity index (χ1v) is 5.58. The summed E-state index contributed by atoms with van der Waals surface area (Å²) in [5, 5.41) is 0. The Balaban J connectivity index is 3.27. The highest BCUT2D eigenvalue weighted by Gasteiger charge is 2.29. The van der Waals surface area contributed by atoms with Gasteiger partial charge < -0.3 is 10.5 Å². The van der Waals surface area contributed by atoms with Crippen molar-refractivity contribution in [3.05, 3.63) is 34.4 Å². The number of nitrogens with two attached hydrogens (primary N) is 1. The average Bonchev–Trinajstić information content (AvgIpc) is 2.40. The van der Waals surface area contributed by atoms with Crippen LogP contribution < -0.4 is 5.73 Å². The molecule has 19 heavy (non-hydrogen) atoms. The highest BCUT2D eigenvalue weighted by molar-refractivity contribution is 5.90. The van der Waals surface area contributed by atoms with Gasteiger partial charge in [-0.05, 0) is 25.8 Å². The van der Waals surface area contributed by atoms with Crippen LogP contribution in [-0.4, -0.2) is 19.6 Å². The molecule has 0 radical (unpaired) electrons. The predicted molar refractivity (Wildman–Crippen MR) is 59.6 cm³/mol. The molecular weight excluding hydrogens is 266 g/mol. The number of carbonyl (C=O) groups excluding carboxylic acids is 1. The van der Waals surface area contributed by atoms with E-state index in [2.05, 4.69) is 4.74 Å². The van der Waals surface area contributed by atoms with Crippen LogP contribution in [0.15, 0.2) is 0 Å². The maximum atomic E-state index is 13.6. The minimum absolute atomic E-state index is 0.204. The Labute approximate surface area is 107 Å². The van der Waals surface area contributed by atoms with Gasteiger partial charge in [0.25, 0.3) is 0 Å². The first-order valence-electron chi connectivity index (χ1n) is 5.58. The van der Waals surface area contributed by atoms with Crippen LogP contribution in [0.1, 0.15) is 28.8 Å². The third-order valence-electron chi connectivity index (χ3n) is 2.62. The molecule has 7 heteroatoms. The first-order chi connectivity index (χ1) is 8.95. The lowest BCUT2D eigenvalue weighted by molar-refractivity contribution is 0.0586. The molecule has 0 fully saturated rings. The SMILES string of the molecule is COC(=O)c1c(F)c(F)c(CCCCN)c(F)c1F. The van der Waals surface area contributed by atoms with E-state index in [4.69, 9.17) is 5.73 Å². The molecule has 2 N–H and O–H groups in total. The number of rotatable bonds is 5. The standard InChI is InChI=1S/C12H13F4NO2/c1-19-12(18)7-10(15)8(13)6(4-2-3-5-17)9(14)11(7)16/h2-5,17H2,1H3. The van der Waals surface area contributed by atoms with Crippen LogP contribution in [0, 0.1) is 23.3 Å². The number of ether oxygens (including phenoxy) is 1. The molecule has 0 amide bonds. The summed E-state index contributed by atoms with van der Waals surface area (Å²) in [6, 6.07) is 0. The molecule has 0 unspecified atom stereocenters. The number of hydrogen-bond acceptors (Lipinski definition) is 3. The minimum atomic E-state index is -1.74. The van der Waals surface area contributed by atoms with E-state index in [-0.39, 0.29) is 12.8 Å². The molecule has 1 aromatic carbocycles. The summed E-state index contributed by atoms with van der Waals surface area (Å²) in [4.78, 5) is 11.1. The summed E-state index contributed by atoms with van der Waals surface area (Å²) in [5.41, 5.74) is 3.13. The predicted octanol–water partition coefficient (Wildman–Crippen LogP) is 2.31. The van der Waals surface area contributed by atoms with Crippen molar-refractivity contribution in [2.75, 3.05) is 13.7 Å². The van der Waals surface area contributed by atoms with Crippen LogP contribution in [0.4, 0.5) is 17.6 Å². The fraction of sp³-hybridized carbons (Fsp3) is 0.417. The number of unbranched alkanes of at least 4 members (excludes halogenated alkanes) is 1. The lowest BCUT2D eigenvalue weighted by Gasteiger charge is -2.10. The molecule has 0 saturated carbocycles. The number of halogens is 4. The van der Waals surface area contributed by atoms with Crippen molar-refractivity contribution < 1.29 is 27.1 Å². The molecule has 0 aliphatic heterocycles. The molecule has 0 atom stereocenters. The lowest BCUT2D eigenvalue weighted by atomic mass is 10.0. The normalized spacial score (nSPS) is 10.6. The number of methoxy groups -OCH3 is 1. The molecule has 0 aliphatic rings. The number of esters is 1. The largest absolute Gasteiger partial charge is 0.465 e. The first kappa shape index (κ1) is 15.4. The zero-order valence-electron chi connectivity index (χ0n) is 10.2. The van der Waals surface area contributed by atoms with Crippen LogP contribution in [0.25, 0.3) is 0 Å². The fourth-order valence-electron chi connectivity index (χ4n) is 1.62. The van der Waals surface area contributed by atoms with Gasteiger partial charge in [0, 0.05) is 5.56 Å². The second-order valence-corrected chi connectivity index (χ2v) is 3.85. The zero-order chi connectivity index (χ0) is 14.6. The van der Waals surface area contributed by atoms with E-state index in [0.29, 0.717) is 13.0 Å². The van der Waals surface area contributed by atoms with Crippen molar-refractivity contribution in [3.8, 4) is 0 Å². The van der Waals surface area contributed by atoms with Gasteiger partial charge in [0.05, 0.1) is 7.11 Å². The van der Waals surface area contributed by atoms with Gasteiger partial charge in [0.2, 0.25) is 0 Å². The van der Waals surface area contributed by atoms with Crippen molar-refractivity contribution in [1.29, 1.82) is 0 Å². The van der Waals surface area contributed by atoms with Gasteiger partial charge in [0.15, 0.2) is 23.3 Å². The van der Waals surface area contributed by atoms with Crippen molar-refractivity contribution in [3.63, 3.8) is 0 Å². The quantitative estimate of drug-likeness (QED) is 0.389. The molecule has 0 saturated heterocycles. The maximum Gasteiger partial charge on any atom is 0.344 e. The maximum absolute atomic E-state index is 13.6. The Morgan fingerprint density at radius 1 is 1.05 bits per heavy atom. The van der Waals surface area contributed by atoms with E-state index in [0.717, 1.165) is 7.11 Å². The van der Waals surface area contributed by atoms with Crippen LogP contribution in [0.5, 0.6) is 0 Å². The van der Waals surface area contributed by atoms with Crippen LogP contribution in [-0.2, 0) is 11.2 Å². The third kappa shape index (κ3) is 3.04. The molecular formula is C12H13F4NO2. The third-order valence-corrected chi connectivity index (χ3v) is 2.62. The molecule has 0 bridgehead atoms. The molecule has 1 rings (SSSR count). The number of hydrogen-bond donors (Lipinski definition) is 1. The van der Waals surface area contributed by atoms with E-state index in [1.165, 1.54) is 0 Å². The van der Waals surface area contributed by atoms with Gasteiger partial charge in [-0.15, -0.1) is 0 Å². The van der Waals surface area contributed by atoms with E-state index in [1.54, 1.807) is 0 Å². The van der Waals surface area contributed by atoms with E-state index < -0.39 is 40.4 Å². The van der Waals surface area contributed by atoms with Gasteiger partial charge in [0.1, 0.15) is 5.56 Å². The van der Waals surface area contributed by atoms with Gasteiger partial charge in [-0.2, -0.15) is 0 Å². The Bertz CT molecular complexity index is 462. The van der Waals surface area contributed by atoms with Crippen molar-refractivity contribution in [1.82, 2.24) is 0 Å². The summed E-state index contributed by atoms with van der Waals surface area (Å²) in [6.07, 6.45) is 0.534. The second-order valence-electron chi connectivity index (χ2n) is 3.85. The van der Waals surface area contributed by atoms with Gasteiger partial charge in [-0.1, -0.05) is 0 Å². The summed E-state index contributed by atoms with van der Waals surface area (Å²) in [5.74, 6) is -8.10. The smallest absolute Gasteiger partial charge is 0.344 e. The summed E-state index contributed by atoms with van der Waals surface area (Å²) in [7, 11) is 0.853. The highest BCUT2D eigenvalue weighted by atomic mass is 19.2.